The molecular formula is C24H28ClFN2O7. The van der Waals surface area contributed by atoms with E-state index in [-0.39, 0.29) is 33.9 Å². The van der Waals surface area contributed by atoms with Crippen LogP contribution in [0.2, 0.25) is 5.02 Å². The second kappa shape index (κ2) is 12.3. The number of hydrogen-bond acceptors (Lipinski definition) is 8. The van der Waals surface area contributed by atoms with Gasteiger partial charge < -0.3 is 24.3 Å². The second-order valence-electron chi connectivity index (χ2n) is 8.05. The molecule has 1 N–H and O–H groups in total. The lowest BCUT2D eigenvalue weighted by molar-refractivity contribution is -0.155. The SMILES string of the molecule is COc1ccnc(C(=O)N[C@@H](C)C(=O)O[C@@H](C)[C@H](Oc2cc(F)cc(Cl)c2)C(C)C)c1OC(C)=O. The summed E-state index contributed by atoms with van der Waals surface area (Å²) >= 11 is 5.89. The highest BCUT2D eigenvalue weighted by molar-refractivity contribution is 6.30. The lowest BCUT2D eigenvalue weighted by Crippen LogP contribution is -2.44. The molecule has 1 amide bonds. The van der Waals surface area contributed by atoms with Crippen molar-refractivity contribution in [3.8, 4) is 17.2 Å². The van der Waals surface area contributed by atoms with Crippen LogP contribution in [-0.4, -0.2) is 48.2 Å². The Hall–Kier alpha value is -3.40. The fourth-order valence-electron chi connectivity index (χ4n) is 3.20. The largest absolute Gasteiger partial charge is 0.493 e. The molecule has 11 heteroatoms. The predicted octanol–water partition coefficient (Wildman–Crippen LogP) is 3.96. The van der Waals surface area contributed by atoms with Crippen molar-refractivity contribution >= 4 is 29.4 Å². The number of nitrogens with zero attached hydrogens (tertiary/aromatic N) is 1. The summed E-state index contributed by atoms with van der Waals surface area (Å²) in [6, 6.07) is 4.13. The Labute approximate surface area is 207 Å². The van der Waals surface area contributed by atoms with Crippen LogP contribution in [0.3, 0.4) is 0 Å². The van der Waals surface area contributed by atoms with E-state index in [1.807, 2.05) is 13.8 Å². The minimum absolute atomic E-state index is 0.114. The summed E-state index contributed by atoms with van der Waals surface area (Å²) < 4.78 is 35.2. The van der Waals surface area contributed by atoms with Gasteiger partial charge >= 0.3 is 11.9 Å². The number of methoxy groups -OCH3 is 1. The Bertz CT molecular complexity index is 1060. The molecule has 0 unspecified atom stereocenters. The monoisotopic (exact) mass is 510 g/mol. The van der Waals surface area contributed by atoms with Crippen LogP contribution in [0.4, 0.5) is 4.39 Å². The Morgan fingerprint density at radius 1 is 1.11 bits per heavy atom. The standard InChI is InChI=1S/C24H28ClFN2O7/c1-12(2)21(35-18-10-16(25)9-17(26)11-18)14(4)33-24(31)13(3)28-23(30)20-22(34-15(5)29)19(32-6)7-8-27-20/h7-14,21H,1-6H3,(H,28,30)/t13-,14-,21+/m0/s1. The highest BCUT2D eigenvalue weighted by Crippen LogP contribution is 2.30. The van der Waals surface area contributed by atoms with E-state index in [0.29, 0.717) is 0 Å². The summed E-state index contributed by atoms with van der Waals surface area (Å²) in [6.45, 7) is 7.93. The first-order valence-corrected chi connectivity index (χ1v) is 11.2. The van der Waals surface area contributed by atoms with Gasteiger partial charge in [0.15, 0.2) is 11.4 Å². The third-order valence-corrected chi connectivity index (χ3v) is 5.00. The average Bonchev–Trinajstić information content (AvgIpc) is 2.76. The van der Waals surface area contributed by atoms with E-state index in [0.717, 1.165) is 6.07 Å². The number of halogens is 2. The van der Waals surface area contributed by atoms with Gasteiger partial charge in [0, 0.05) is 30.3 Å². The predicted molar refractivity (Wildman–Crippen MR) is 125 cm³/mol. The van der Waals surface area contributed by atoms with Gasteiger partial charge in [-0.1, -0.05) is 25.4 Å². The molecule has 2 aromatic rings. The highest BCUT2D eigenvalue weighted by atomic mass is 35.5. The van der Waals surface area contributed by atoms with Gasteiger partial charge in [-0.15, -0.1) is 0 Å². The van der Waals surface area contributed by atoms with Crippen molar-refractivity contribution in [1.82, 2.24) is 10.3 Å². The van der Waals surface area contributed by atoms with Gasteiger partial charge in [0.25, 0.3) is 5.91 Å². The number of pyridine rings is 1. The van der Waals surface area contributed by atoms with E-state index in [1.165, 1.54) is 45.4 Å². The number of amides is 1. The summed E-state index contributed by atoms with van der Waals surface area (Å²) in [4.78, 5) is 40.8. The molecule has 35 heavy (non-hydrogen) atoms. The lowest BCUT2D eigenvalue weighted by atomic mass is 10.0. The van der Waals surface area contributed by atoms with Crippen molar-refractivity contribution in [2.75, 3.05) is 7.11 Å². The van der Waals surface area contributed by atoms with Gasteiger partial charge in [-0.05, 0) is 31.9 Å². The fraction of sp³-hybridized carbons (Fsp3) is 0.417. The van der Waals surface area contributed by atoms with Gasteiger partial charge in [0.05, 0.1) is 7.11 Å². The van der Waals surface area contributed by atoms with Gasteiger partial charge in [-0.25, -0.2) is 14.2 Å². The Morgan fingerprint density at radius 2 is 1.80 bits per heavy atom. The molecule has 3 atom stereocenters. The lowest BCUT2D eigenvalue weighted by Gasteiger charge is -2.29. The summed E-state index contributed by atoms with van der Waals surface area (Å²) in [5.74, 6) is -2.72. The van der Waals surface area contributed by atoms with Crippen molar-refractivity contribution in [3.63, 3.8) is 0 Å². The number of esters is 2. The molecule has 0 saturated carbocycles. The summed E-state index contributed by atoms with van der Waals surface area (Å²) in [5.41, 5.74) is -0.237. The zero-order chi connectivity index (χ0) is 26.3. The summed E-state index contributed by atoms with van der Waals surface area (Å²) in [5, 5.41) is 2.64. The maximum absolute atomic E-state index is 13.7. The summed E-state index contributed by atoms with van der Waals surface area (Å²) in [6.07, 6.45) is -0.0829. The molecule has 0 aliphatic rings. The molecular weight excluding hydrogens is 483 g/mol. The van der Waals surface area contributed by atoms with Crippen molar-refractivity contribution < 1.29 is 37.7 Å². The van der Waals surface area contributed by atoms with Crippen molar-refractivity contribution in [3.05, 3.63) is 47.0 Å². The van der Waals surface area contributed by atoms with Gasteiger partial charge in [-0.3, -0.25) is 9.59 Å². The van der Waals surface area contributed by atoms with E-state index in [4.69, 9.17) is 30.5 Å². The second-order valence-corrected chi connectivity index (χ2v) is 8.49. The Balaban J connectivity index is 2.10. The number of benzene rings is 1. The zero-order valence-corrected chi connectivity index (χ0v) is 21.0. The topological polar surface area (TPSA) is 113 Å². The van der Waals surface area contributed by atoms with Crippen LogP contribution in [-0.2, 0) is 14.3 Å². The minimum Gasteiger partial charge on any atom is -0.493 e. The minimum atomic E-state index is -1.08. The van der Waals surface area contributed by atoms with Crippen molar-refractivity contribution in [2.45, 2.75) is 52.9 Å². The molecule has 0 bridgehead atoms. The molecule has 0 fully saturated rings. The number of hydrogen-bond donors (Lipinski definition) is 1. The quantitative estimate of drug-likeness (QED) is 0.478. The van der Waals surface area contributed by atoms with Crippen molar-refractivity contribution in [1.29, 1.82) is 0 Å². The van der Waals surface area contributed by atoms with Crippen LogP contribution in [0.25, 0.3) is 0 Å². The summed E-state index contributed by atoms with van der Waals surface area (Å²) in [7, 11) is 1.34. The first-order valence-electron chi connectivity index (χ1n) is 10.8. The van der Waals surface area contributed by atoms with Crippen LogP contribution in [0.15, 0.2) is 30.5 Å². The van der Waals surface area contributed by atoms with Gasteiger partial charge in [-0.2, -0.15) is 0 Å². The third kappa shape index (κ3) is 7.81. The van der Waals surface area contributed by atoms with Crippen LogP contribution in [0.1, 0.15) is 45.1 Å². The third-order valence-electron chi connectivity index (χ3n) is 4.78. The first kappa shape index (κ1) is 27.8. The number of nitrogens with one attached hydrogen (secondary N) is 1. The number of aromatic nitrogens is 1. The Morgan fingerprint density at radius 3 is 2.37 bits per heavy atom. The first-order chi connectivity index (χ1) is 16.4. The number of carbonyl (C=O) groups is 3. The van der Waals surface area contributed by atoms with Crippen LogP contribution in [0, 0.1) is 11.7 Å². The van der Waals surface area contributed by atoms with Gasteiger partial charge in [0.1, 0.15) is 29.8 Å². The zero-order valence-electron chi connectivity index (χ0n) is 20.3. The molecule has 1 aromatic carbocycles. The molecule has 190 valence electrons. The molecule has 2 rings (SSSR count). The number of rotatable bonds is 10. The van der Waals surface area contributed by atoms with Gasteiger partial charge in [0.2, 0.25) is 5.75 Å². The molecule has 0 aliphatic heterocycles. The van der Waals surface area contributed by atoms with E-state index in [2.05, 4.69) is 10.3 Å². The fourth-order valence-corrected chi connectivity index (χ4v) is 3.41. The molecule has 9 nitrogen and oxygen atoms in total. The smallest absolute Gasteiger partial charge is 0.328 e. The molecule has 1 heterocycles. The van der Waals surface area contributed by atoms with E-state index in [9.17, 15) is 18.8 Å². The normalized spacial score (nSPS) is 13.4. The maximum atomic E-state index is 13.7. The molecule has 0 radical (unpaired) electrons. The van der Waals surface area contributed by atoms with E-state index >= 15 is 0 Å². The highest BCUT2D eigenvalue weighted by Gasteiger charge is 2.30. The molecule has 0 aliphatic carbocycles. The maximum Gasteiger partial charge on any atom is 0.328 e. The van der Waals surface area contributed by atoms with Crippen LogP contribution >= 0.6 is 11.6 Å². The van der Waals surface area contributed by atoms with E-state index in [1.54, 1.807) is 6.92 Å². The molecule has 0 spiro atoms. The average molecular weight is 511 g/mol. The van der Waals surface area contributed by atoms with E-state index < -0.39 is 41.9 Å². The van der Waals surface area contributed by atoms with Crippen LogP contribution < -0.4 is 19.5 Å². The number of ether oxygens (including phenoxy) is 4. The van der Waals surface area contributed by atoms with Crippen molar-refractivity contribution in [2.24, 2.45) is 5.92 Å². The number of carbonyl (C=O) groups excluding carboxylic acids is 3. The molecule has 0 saturated heterocycles. The Kier molecular flexibility index (Phi) is 9.82. The molecule has 1 aromatic heterocycles. The van der Waals surface area contributed by atoms with Crippen LogP contribution in [0.5, 0.6) is 17.2 Å².